The van der Waals surface area contributed by atoms with Gasteiger partial charge in [0.05, 0.1) is 12.1 Å². The Kier molecular flexibility index (Phi) is 3.49. The number of hydrogen-bond acceptors (Lipinski definition) is 4. The molecular formula is C11H14ClN3O2. The number of rotatable bonds is 5. The molecule has 0 unspecified atom stereocenters. The summed E-state index contributed by atoms with van der Waals surface area (Å²) in [5.74, 6) is 0.255. The topological polar surface area (TPSA) is 77.2 Å². The average Bonchev–Trinajstić information content (AvgIpc) is 3.06. The Morgan fingerprint density at radius 3 is 3.06 bits per heavy atom. The fourth-order valence-electron chi connectivity index (χ4n) is 1.33. The summed E-state index contributed by atoms with van der Waals surface area (Å²) < 4.78 is 5.32. The number of halogens is 1. The van der Waals surface area contributed by atoms with Crippen molar-refractivity contribution >= 4 is 17.5 Å². The van der Waals surface area contributed by atoms with Crippen LogP contribution in [0.3, 0.4) is 0 Å². The highest BCUT2D eigenvalue weighted by atomic mass is 35.5. The molecule has 1 aromatic rings. The molecule has 1 aliphatic rings. The van der Waals surface area contributed by atoms with Crippen molar-refractivity contribution in [2.75, 3.05) is 13.2 Å². The molecule has 3 N–H and O–H groups in total. The number of amides is 1. The largest absolute Gasteiger partial charge is 0.475 e. The Labute approximate surface area is 104 Å². The molecular weight excluding hydrogens is 242 g/mol. The number of carbonyl (C=O) groups excluding carboxylic acids is 1. The van der Waals surface area contributed by atoms with Crippen LogP contribution in [0.25, 0.3) is 0 Å². The van der Waals surface area contributed by atoms with Gasteiger partial charge in [0.25, 0.3) is 0 Å². The second kappa shape index (κ2) is 4.89. The van der Waals surface area contributed by atoms with E-state index in [2.05, 4.69) is 10.3 Å². The van der Waals surface area contributed by atoms with Gasteiger partial charge in [-0.15, -0.1) is 0 Å². The van der Waals surface area contributed by atoms with E-state index in [9.17, 15) is 4.79 Å². The zero-order valence-corrected chi connectivity index (χ0v) is 10.0. The lowest BCUT2D eigenvalue weighted by atomic mass is 10.3. The number of aromatic nitrogens is 1. The molecule has 92 valence electrons. The van der Waals surface area contributed by atoms with Gasteiger partial charge in [0.2, 0.25) is 11.8 Å². The lowest BCUT2D eigenvalue weighted by Crippen LogP contribution is -2.44. The van der Waals surface area contributed by atoms with Crippen molar-refractivity contribution in [3.8, 4) is 5.88 Å². The van der Waals surface area contributed by atoms with Gasteiger partial charge in [-0.3, -0.25) is 4.79 Å². The number of nitrogens with one attached hydrogen (secondary N) is 1. The quantitative estimate of drug-likeness (QED) is 0.760. The van der Waals surface area contributed by atoms with Gasteiger partial charge in [-0.25, -0.2) is 4.98 Å². The maximum absolute atomic E-state index is 11.5. The first kappa shape index (κ1) is 12.1. The van der Waals surface area contributed by atoms with Gasteiger partial charge in [-0.05, 0) is 25.0 Å². The summed E-state index contributed by atoms with van der Waals surface area (Å²) in [6.45, 7) is 0.712. The maximum atomic E-state index is 11.5. The summed E-state index contributed by atoms with van der Waals surface area (Å²) in [6, 6.07) is 3.42. The van der Waals surface area contributed by atoms with Crippen molar-refractivity contribution in [1.29, 1.82) is 0 Å². The number of hydrogen-bond donors (Lipinski definition) is 2. The molecule has 0 aliphatic heterocycles. The summed E-state index contributed by atoms with van der Waals surface area (Å²) in [4.78, 5) is 15.4. The minimum Gasteiger partial charge on any atom is -0.475 e. The Balaban J connectivity index is 1.70. The normalized spacial score (nSPS) is 16.4. The van der Waals surface area contributed by atoms with Crippen LogP contribution < -0.4 is 15.8 Å². The molecule has 0 bridgehead atoms. The van der Waals surface area contributed by atoms with Crippen LogP contribution in [0, 0.1) is 0 Å². The monoisotopic (exact) mass is 255 g/mol. The van der Waals surface area contributed by atoms with Crippen molar-refractivity contribution < 1.29 is 9.53 Å². The van der Waals surface area contributed by atoms with Gasteiger partial charge < -0.3 is 15.8 Å². The van der Waals surface area contributed by atoms with E-state index in [4.69, 9.17) is 22.1 Å². The third-order valence-corrected chi connectivity index (χ3v) is 2.88. The van der Waals surface area contributed by atoms with Gasteiger partial charge >= 0.3 is 0 Å². The van der Waals surface area contributed by atoms with E-state index in [0.717, 1.165) is 12.8 Å². The van der Waals surface area contributed by atoms with Gasteiger partial charge in [0, 0.05) is 6.20 Å². The van der Waals surface area contributed by atoms with Crippen LogP contribution in [-0.4, -0.2) is 29.6 Å². The molecule has 0 aromatic carbocycles. The number of nitrogens with zero attached hydrogens (tertiary/aromatic N) is 1. The second-order valence-electron chi connectivity index (χ2n) is 4.05. The Morgan fingerprint density at radius 2 is 2.41 bits per heavy atom. The van der Waals surface area contributed by atoms with Gasteiger partial charge in [-0.1, -0.05) is 11.6 Å². The van der Waals surface area contributed by atoms with Crippen molar-refractivity contribution in [3.63, 3.8) is 0 Å². The van der Waals surface area contributed by atoms with Crippen LogP contribution in [0.15, 0.2) is 18.3 Å². The van der Waals surface area contributed by atoms with E-state index >= 15 is 0 Å². The standard InChI is InChI=1S/C11H14ClN3O2/c12-8-2-1-5-14-9(8)17-7-6-15-10(16)11(13)3-4-11/h1-2,5H,3-4,6-7,13H2,(H,15,16). The lowest BCUT2D eigenvalue weighted by Gasteiger charge is -2.10. The zero-order chi connectivity index (χ0) is 12.3. The summed E-state index contributed by atoms with van der Waals surface area (Å²) in [7, 11) is 0. The van der Waals surface area contributed by atoms with E-state index in [1.54, 1.807) is 18.3 Å². The van der Waals surface area contributed by atoms with E-state index in [1.165, 1.54) is 0 Å². The zero-order valence-electron chi connectivity index (χ0n) is 9.28. The van der Waals surface area contributed by atoms with Crippen LogP contribution in [0.5, 0.6) is 5.88 Å². The first-order chi connectivity index (χ1) is 8.12. The van der Waals surface area contributed by atoms with E-state index < -0.39 is 5.54 Å². The molecule has 1 aromatic heterocycles. The predicted molar refractivity (Wildman–Crippen MR) is 63.9 cm³/mol. The molecule has 0 saturated heterocycles. The van der Waals surface area contributed by atoms with Crippen molar-refractivity contribution in [2.45, 2.75) is 18.4 Å². The molecule has 0 atom stereocenters. The fraction of sp³-hybridized carbons (Fsp3) is 0.455. The Hall–Kier alpha value is -1.33. The minimum atomic E-state index is -0.636. The fourth-order valence-corrected chi connectivity index (χ4v) is 1.50. The smallest absolute Gasteiger partial charge is 0.240 e. The van der Waals surface area contributed by atoms with Crippen molar-refractivity contribution in [3.05, 3.63) is 23.4 Å². The maximum Gasteiger partial charge on any atom is 0.240 e. The SMILES string of the molecule is NC1(C(=O)NCCOc2ncccc2Cl)CC1. The molecule has 1 saturated carbocycles. The molecule has 1 aliphatic carbocycles. The predicted octanol–water partition coefficient (Wildman–Crippen LogP) is 0.721. The van der Waals surface area contributed by atoms with Crippen LogP contribution in [0.2, 0.25) is 5.02 Å². The Bertz CT molecular complexity index is 421. The van der Waals surface area contributed by atoms with Crippen LogP contribution in [0.4, 0.5) is 0 Å². The number of nitrogens with two attached hydrogens (primary N) is 1. The van der Waals surface area contributed by atoms with Crippen molar-refractivity contribution in [1.82, 2.24) is 10.3 Å². The number of carbonyl (C=O) groups is 1. The molecule has 17 heavy (non-hydrogen) atoms. The van der Waals surface area contributed by atoms with E-state index in [0.29, 0.717) is 24.1 Å². The summed E-state index contributed by atoms with van der Waals surface area (Å²) in [5, 5.41) is 3.17. The molecule has 2 rings (SSSR count). The van der Waals surface area contributed by atoms with E-state index in [1.807, 2.05) is 0 Å². The highest BCUT2D eigenvalue weighted by Crippen LogP contribution is 2.31. The number of ether oxygens (including phenoxy) is 1. The number of pyridine rings is 1. The molecule has 5 nitrogen and oxygen atoms in total. The summed E-state index contributed by atoms with van der Waals surface area (Å²) in [5.41, 5.74) is 5.08. The third kappa shape index (κ3) is 3.08. The molecule has 0 radical (unpaired) electrons. The van der Waals surface area contributed by atoms with Crippen LogP contribution in [-0.2, 0) is 4.79 Å². The van der Waals surface area contributed by atoms with Crippen LogP contribution >= 0.6 is 11.6 Å². The second-order valence-corrected chi connectivity index (χ2v) is 4.46. The molecule has 0 spiro atoms. The first-order valence-corrected chi connectivity index (χ1v) is 5.80. The van der Waals surface area contributed by atoms with Gasteiger partial charge in [0.15, 0.2) is 0 Å². The molecule has 6 heteroatoms. The summed E-state index contributed by atoms with van der Waals surface area (Å²) >= 11 is 5.85. The Morgan fingerprint density at radius 1 is 1.65 bits per heavy atom. The lowest BCUT2D eigenvalue weighted by molar-refractivity contribution is -0.123. The molecule has 1 fully saturated rings. The highest BCUT2D eigenvalue weighted by molar-refractivity contribution is 6.31. The molecule has 1 amide bonds. The first-order valence-electron chi connectivity index (χ1n) is 5.42. The highest BCUT2D eigenvalue weighted by Gasteiger charge is 2.45. The van der Waals surface area contributed by atoms with Crippen LogP contribution in [0.1, 0.15) is 12.8 Å². The van der Waals surface area contributed by atoms with Crippen molar-refractivity contribution in [2.24, 2.45) is 5.73 Å². The van der Waals surface area contributed by atoms with E-state index in [-0.39, 0.29) is 5.91 Å². The molecule has 1 heterocycles. The van der Waals surface area contributed by atoms with Gasteiger partial charge in [-0.2, -0.15) is 0 Å². The summed E-state index contributed by atoms with van der Waals surface area (Å²) in [6.07, 6.45) is 3.11. The van der Waals surface area contributed by atoms with Gasteiger partial charge in [0.1, 0.15) is 11.6 Å². The minimum absolute atomic E-state index is 0.117. The average molecular weight is 256 g/mol. The third-order valence-electron chi connectivity index (χ3n) is 2.59.